The molecule has 1 rings (SSSR count). The Morgan fingerprint density at radius 1 is 1.30 bits per heavy atom. The minimum Gasteiger partial charge on any atom is -0.377 e. The number of benzene rings is 1. The van der Waals surface area contributed by atoms with Gasteiger partial charge >= 0.3 is 0 Å². The molecule has 0 radical (unpaired) electrons. The van der Waals surface area contributed by atoms with Crippen molar-refractivity contribution in [2.75, 3.05) is 19.0 Å². The SMILES string of the molecule is CC(C)C(C)NC(=O)c1cc([N+](=O)[O-])ccc1N(C)C. The van der Waals surface area contributed by atoms with Crippen molar-refractivity contribution in [2.45, 2.75) is 26.8 Å². The third-order valence-electron chi connectivity index (χ3n) is 3.28. The summed E-state index contributed by atoms with van der Waals surface area (Å²) in [5.74, 6) is -0.000876. The lowest BCUT2D eigenvalue weighted by atomic mass is 10.0. The van der Waals surface area contributed by atoms with E-state index in [0.29, 0.717) is 17.2 Å². The van der Waals surface area contributed by atoms with E-state index in [2.05, 4.69) is 5.32 Å². The van der Waals surface area contributed by atoms with Crippen molar-refractivity contribution < 1.29 is 9.72 Å². The van der Waals surface area contributed by atoms with Crippen molar-refractivity contribution in [2.24, 2.45) is 5.92 Å². The van der Waals surface area contributed by atoms with Crippen LogP contribution in [0.4, 0.5) is 11.4 Å². The van der Waals surface area contributed by atoms with Crippen LogP contribution in [0.3, 0.4) is 0 Å². The van der Waals surface area contributed by atoms with E-state index in [0.717, 1.165) is 0 Å². The highest BCUT2D eigenvalue weighted by atomic mass is 16.6. The van der Waals surface area contributed by atoms with Gasteiger partial charge < -0.3 is 10.2 Å². The smallest absolute Gasteiger partial charge is 0.270 e. The number of non-ortho nitro benzene ring substituents is 1. The molecule has 110 valence electrons. The predicted octanol–water partition coefficient (Wildman–Crippen LogP) is 2.44. The number of carbonyl (C=O) groups excluding carboxylic acids is 1. The Balaban J connectivity index is 3.15. The molecule has 6 heteroatoms. The van der Waals surface area contributed by atoms with Crippen LogP contribution in [0.1, 0.15) is 31.1 Å². The van der Waals surface area contributed by atoms with Crippen LogP contribution in [-0.2, 0) is 0 Å². The van der Waals surface area contributed by atoms with Gasteiger partial charge in [-0.3, -0.25) is 14.9 Å². The highest BCUT2D eigenvalue weighted by Crippen LogP contribution is 2.24. The van der Waals surface area contributed by atoms with E-state index in [9.17, 15) is 14.9 Å². The van der Waals surface area contributed by atoms with E-state index in [1.165, 1.54) is 12.1 Å². The van der Waals surface area contributed by atoms with Gasteiger partial charge in [-0.25, -0.2) is 0 Å². The molecule has 1 atom stereocenters. The zero-order chi connectivity index (χ0) is 15.4. The van der Waals surface area contributed by atoms with Crippen molar-refractivity contribution in [3.05, 3.63) is 33.9 Å². The highest BCUT2D eigenvalue weighted by Gasteiger charge is 2.20. The Hall–Kier alpha value is -2.11. The van der Waals surface area contributed by atoms with Crippen LogP contribution in [0.25, 0.3) is 0 Å². The summed E-state index contributed by atoms with van der Waals surface area (Å²) >= 11 is 0. The number of hydrogen-bond acceptors (Lipinski definition) is 4. The molecule has 0 fully saturated rings. The summed E-state index contributed by atoms with van der Waals surface area (Å²) in [5, 5.41) is 13.7. The lowest BCUT2D eigenvalue weighted by Crippen LogP contribution is -2.36. The minimum atomic E-state index is -0.498. The van der Waals surface area contributed by atoms with Crippen LogP contribution in [0, 0.1) is 16.0 Å². The monoisotopic (exact) mass is 279 g/mol. The van der Waals surface area contributed by atoms with Gasteiger partial charge in [-0.15, -0.1) is 0 Å². The molecule has 1 aromatic rings. The average Bonchev–Trinajstić information content (AvgIpc) is 2.37. The first-order valence-corrected chi connectivity index (χ1v) is 6.50. The van der Waals surface area contributed by atoms with Crippen molar-refractivity contribution in [1.29, 1.82) is 0 Å². The number of rotatable bonds is 5. The molecule has 0 aromatic heterocycles. The molecule has 20 heavy (non-hydrogen) atoms. The Morgan fingerprint density at radius 2 is 1.90 bits per heavy atom. The van der Waals surface area contributed by atoms with Crippen molar-refractivity contribution >= 4 is 17.3 Å². The zero-order valence-electron chi connectivity index (χ0n) is 12.5. The van der Waals surface area contributed by atoms with Gasteiger partial charge in [-0.2, -0.15) is 0 Å². The third kappa shape index (κ3) is 3.69. The summed E-state index contributed by atoms with van der Waals surface area (Å²) in [6.07, 6.45) is 0. The van der Waals surface area contributed by atoms with Crippen LogP contribution in [0.15, 0.2) is 18.2 Å². The number of anilines is 1. The van der Waals surface area contributed by atoms with Gasteiger partial charge in [0.1, 0.15) is 0 Å². The first kappa shape index (κ1) is 15.9. The van der Waals surface area contributed by atoms with Crippen molar-refractivity contribution in [3.8, 4) is 0 Å². The summed E-state index contributed by atoms with van der Waals surface area (Å²) in [6, 6.07) is 4.31. The number of nitro benzene ring substituents is 1. The fourth-order valence-electron chi connectivity index (χ4n) is 1.66. The zero-order valence-corrected chi connectivity index (χ0v) is 12.5. The van der Waals surface area contributed by atoms with Gasteiger partial charge in [0.25, 0.3) is 11.6 Å². The minimum absolute atomic E-state index is 0.00299. The Morgan fingerprint density at radius 3 is 2.35 bits per heavy atom. The van der Waals surface area contributed by atoms with E-state index in [4.69, 9.17) is 0 Å². The van der Waals surface area contributed by atoms with E-state index in [-0.39, 0.29) is 17.6 Å². The molecule has 0 aliphatic carbocycles. The van der Waals surface area contributed by atoms with Gasteiger partial charge in [-0.05, 0) is 18.9 Å². The molecule has 1 N–H and O–H groups in total. The highest BCUT2D eigenvalue weighted by molar-refractivity contribution is 6.00. The largest absolute Gasteiger partial charge is 0.377 e. The molecule has 1 aromatic carbocycles. The molecule has 0 saturated heterocycles. The lowest BCUT2D eigenvalue weighted by molar-refractivity contribution is -0.384. The second-order valence-electron chi connectivity index (χ2n) is 5.36. The second kappa shape index (κ2) is 6.36. The summed E-state index contributed by atoms with van der Waals surface area (Å²) in [5.41, 5.74) is 0.888. The predicted molar refractivity (Wildman–Crippen MR) is 79.2 cm³/mol. The number of nitro groups is 1. The number of carbonyl (C=O) groups is 1. The molecule has 0 aliphatic heterocycles. The number of hydrogen-bond donors (Lipinski definition) is 1. The topological polar surface area (TPSA) is 75.5 Å². The van der Waals surface area contributed by atoms with Crippen LogP contribution < -0.4 is 10.2 Å². The Bertz CT molecular complexity index is 512. The molecule has 0 heterocycles. The van der Waals surface area contributed by atoms with Crippen LogP contribution in [-0.4, -0.2) is 31.0 Å². The Labute approximate surface area is 118 Å². The summed E-state index contributed by atoms with van der Waals surface area (Å²) in [4.78, 5) is 24.4. The Kier molecular flexibility index (Phi) is 5.07. The third-order valence-corrected chi connectivity index (χ3v) is 3.28. The molecular formula is C14H21N3O3. The standard InChI is InChI=1S/C14H21N3O3/c1-9(2)10(3)15-14(18)12-8-11(17(19)20)6-7-13(12)16(4)5/h6-10H,1-5H3,(H,15,18). The molecule has 1 amide bonds. The van der Waals surface area contributed by atoms with Gasteiger partial charge in [0, 0.05) is 38.0 Å². The average molecular weight is 279 g/mol. The van der Waals surface area contributed by atoms with Gasteiger partial charge in [0.2, 0.25) is 0 Å². The second-order valence-corrected chi connectivity index (χ2v) is 5.36. The van der Waals surface area contributed by atoms with E-state index < -0.39 is 4.92 Å². The molecule has 0 spiro atoms. The number of nitrogens with zero attached hydrogens (tertiary/aromatic N) is 2. The van der Waals surface area contributed by atoms with E-state index in [1.54, 1.807) is 25.1 Å². The van der Waals surface area contributed by atoms with Crippen molar-refractivity contribution in [1.82, 2.24) is 5.32 Å². The summed E-state index contributed by atoms with van der Waals surface area (Å²) < 4.78 is 0. The molecule has 0 bridgehead atoms. The molecular weight excluding hydrogens is 258 g/mol. The van der Waals surface area contributed by atoms with Crippen LogP contribution >= 0.6 is 0 Å². The van der Waals surface area contributed by atoms with Gasteiger partial charge in [-0.1, -0.05) is 13.8 Å². The van der Waals surface area contributed by atoms with Crippen LogP contribution in [0.2, 0.25) is 0 Å². The van der Waals surface area contributed by atoms with Gasteiger partial charge in [0.05, 0.1) is 10.5 Å². The molecule has 1 unspecified atom stereocenters. The normalized spacial score (nSPS) is 12.1. The fraction of sp³-hybridized carbons (Fsp3) is 0.500. The van der Waals surface area contributed by atoms with E-state index in [1.807, 2.05) is 20.8 Å². The quantitative estimate of drug-likeness (QED) is 0.663. The maximum atomic E-state index is 12.3. The molecule has 0 aliphatic rings. The lowest BCUT2D eigenvalue weighted by Gasteiger charge is -2.21. The molecule has 0 saturated carbocycles. The number of amides is 1. The first-order valence-electron chi connectivity index (χ1n) is 6.50. The summed E-state index contributed by atoms with van der Waals surface area (Å²) in [7, 11) is 3.59. The molecule has 6 nitrogen and oxygen atoms in total. The van der Waals surface area contributed by atoms with E-state index >= 15 is 0 Å². The maximum Gasteiger partial charge on any atom is 0.270 e. The fourth-order valence-corrected chi connectivity index (χ4v) is 1.66. The van der Waals surface area contributed by atoms with Crippen LogP contribution in [0.5, 0.6) is 0 Å². The summed E-state index contributed by atoms with van der Waals surface area (Å²) in [6.45, 7) is 5.92. The maximum absolute atomic E-state index is 12.3. The van der Waals surface area contributed by atoms with Crippen molar-refractivity contribution in [3.63, 3.8) is 0 Å². The first-order chi connectivity index (χ1) is 9.23. The number of nitrogens with one attached hydrogen (secondary N) is 1. The van der Waals surface area contributed by atoms with Gasteiger partial charge in [0.15, 0.2) is 0 Å².